The van der Waals surface area contributed by atoms with Crippen LogP contribution in [0.25, 0.3) is 0 Å². The Balaban J connectivity index is 0. The van der Waals surface area contributed by atoms with E-state index in [4.69, 9.17) is 4.74 Å². The summed E-state index contributed by atoms with van der Waals surface area (Å²) >= 11 is 0. The van der Waals surface area contributed by atoms with Crippen molar-refractivity contribution >= 4 is 29.9 Å². The van der Waals surface area contributed by atoms with Crippen LogP contribution < -0.4 is 10.6 Å². The largest absolute Gasteiger partial charge is 0.382 e. The standard InChI is InChI=1S/C12H27N3O.HI/c1-5-13-12(15-10-11(3)4)14-8-7-9-16-6-2;/h11H,5-10H2,1-4H3,(H2,13,14,15);1H. The molecule has 0 unspecified atom stereocenters. The fourth-order valence-electron chi connectivity index (χ4n) is 1.14. The summed E-state index contributed by atoms with van der Waals surface area (Å²) in [4.78, 5) is 4.48. The zero-order chi connectivity index (χ0) is 12.2. The van der Waals surface area contributed by atoms with Gasteiger partial charge in [-0.05, 0) is 26.2 Å². The smallest absolute Gasteiger partial charge is 0.191 e. The van der Waals surface area contributed by atoms with Crippen LogP contribution in [0, 0.1) is 5.92 Å². The highest BCUT2D eigenvalue weighted by molar-refractivity contribution is 14.0. The summed E-state index contributed by atoms with van der Waals surface area (Å²) in [7, 11) is 0. The molecular formula is C12H28IN3O. The van der Waals surface area contributed by atoms with Gasteiger partial charge in [0.1, 0.15) is 0 Å². The van der Waals surface area contributed by atoms with Crippen molar-refractivity contribution in [1.29, 1.82) is 0 Å². The molecule has 0 aromatic carbocycles. The van der Waals surface area contributed by atoms with Crippen molar-refractivity contribution < 1.29 is 4.74 Å². The topological polar surface area (TPSA) is 45.7 Å². The Morgan fingerprint density at radius 1 is 1.24 bits per heavy atom. The Morgan fingerprint density at radius 2 is 1.94 bits per heavy atom. The molecule has 0 aromatic heterocycles. The molecule has 0 atom stereocenters. The molecule has 0 rings (SSSR count). The third kappa shape index (κ3) is 13.9. The number of halogens is 1. The lowest BCUT2D eigenvalue weighted by Crippen LogP contribution is -2.38. The molecule has 4 nitrogen and oxygen atoms in total. The number of aliphatic imine (C=N–C) groups is 1. The van der Waals surface area contributed by atoms with Crippen molar-refractivity contribution in [3.05, 3.63) is 0 Å². The number of guanidine groups is 1. The van der Waals surface area contributed by atoms with Crippen LogP contribution in [0.2, 0.25) is 0 Å². The van der Waals surface area contributed by atoms with E-state index in [1.165, 1.54) is 0 Å². The van der Waals surface area contributed by atoms with E-state index < -0.39 is 0 Å². The van der Waals surface area contributed by atoms with E-state index in [9.17, 15) is 0 Å². The van der Waals surface area contributed by atoms with E-state index >= 15 is 0 Å². The van der Waals surface area contributed by atoms with E-state index in [0.29, 0.717) is 5.92 Å². The summed E-state index contributed by atoms with van der Waals surface area (Å²) in [6.07, 6.45) is 1.01. The SMILES string of the molecule is CCNC(=NCC(C)C)NCCCOCC.I. The van der Waals surface area contributed by atoms with E-state index in [-0.39, 0.29) is 24.0 Å². The number of hydrogen-bond donors (Lipinski definition) is 2. The first-order valence-electron chi connectivity index (χ1n) is 6.30. The van der Waals surface area contributed by atoms with E-state index in [1.807, 2.05) is 6.92 Å². The van der Waals surface area contributed by atoms with Gasteiger partial charge in [-0.25, -0.2) is 0 Å². The maximum atomic E-state index is 5.27. The van der Waals surface area contributed by atoms with Crippen LogP contribution in [-0.2, 0) is 4.74 Å². The third-order valence-electron chi connectivity index (χ3n) is 1.92. The highest BCUT2D eigenvalue weighted by atomic mass is 127. The number of nitrogens with zero attached hydrogens (tertiary/aromatic N) is 1. The fourth-order valence-corrected chi connectivity index (χ4v) is 1.14. The highest BCUT2D eigenvalue weighted by Crippen LogP contribution is 1.91. The van der Waals surface area contributed by atoms with Gasteiger partial charge in [0.25, 0.3) is 0 Å². The fraction of sp³-hybridized carbons (Fsp3) is 0.917. The van der Waals surface area contributed by atoms with Gasteiger partial charge in [-0.15, -0.1) is 24.0 Å². The second kappa shape index (κ2) is 14.0. The first-order chi connectivity index (χ1) is 7.70. The molecule has 0 bridgehead atoms. The molecule has 0 radical (unpaired) electrons. The molecule has 0 spiro atoms. The number of nitrogens with one attached hydrogen (secondary N) is 2. The minimum Gasteiger partial charge on any atom is -0.382 e. The Labute approximate surface area is 123 Å². The van der Waals surface area contributed by atoms with Crippen LogP contribution in [0.1, 0.15) is 34.1 Å². The summed E-state index contributed by atoms with van der Waals surface area (Å²) in [5.74, 6) is 1.51. The van der Waals surface area contributed by atoms with E-state index in [2.05, 4.69) is 36.4 Å². The molecule has 0 fully saturated rings. The monoisotopic (exact) mass is 357 g/mol. The van der Waals surface area contributed by atoms with Gasteiger partial charge in [0.15, 0.2) is 5.96 Å². The predicted octanol–water partition coefficient (Wildman–Crippen LogP) is 2.24. The maximum Gasteiger partial charge on any atom is 0.191 e. The molecule has 0 saturated heterocycles. The molecule has 0 aliphatic carbocycles. The molecule has 0 aliphatic rings. The van der Waals surface area contributed by atoms with Gasteiger partial charge in [-0.1, -0.05) is 13.8 Å². The lowest BCUT2D eigenvalue weighted by molar-refractivity contribution is 0.145. The maximum absolute atomic E-state index is 5.27. The van der Waals surface area contributed by atoms with Gasteiger partial charge >= 0.3 is 0 Å². The summed E-state index contributed by atoms with van der Waals surface area (Å²) in [6, 6.07) is 0. The van der Waals surface area contributed by atoms with Crippen LogP contribution in [0.15, 0.2) is 4.99 Å². The molecular weight excluding hydrogens is 329 g/mol. The third-order valence-corrected chi connectivity index (χ3v) is 1.92. The number of ether oxygens (including phenoxy) is 1. The van der Waals surface area contributed by atoms with Gasteiger partial charge < -0.3 is 15.4 Å². The Hall–Kier alpha value is -0.0400. The first kappa shape index (κ1) is 19.3. The van der Waals surface area contributed by atoms with Gasteiger partial charge in [0.05, 0.1) is 0 Å². The minimum atomic E-state index is 0. The molecule has 104 valence electrons. The average molecular weight is 357 g/mol. The van der Waals surface area contributed by atoms with Crippen molar-refractivity contribution in [1.82, 2.24) is 10.6 Å². The summed E-state index contributed by atoms with van der Waals surface area (Å²) in [5.41, 5.74) is 0. The zero-order valence-corrected chi connectivity index (χ0v) is 13.9. The Kier molecular flexibility index (Phi) is 15.9. The van der Waals surface area contributed by atoms with E-state index in [1.54, 1.807) is 0 Å². The van der Waals surface area contributed by atoms with Crippen molar-refractivity contribution in [3.63, 3.8) is 0 Å². The predicted molar refractivity (Wildman–Crippen MR) is 85.3 cm³/mol. The number of hydrogen-bond acceptors (Lipinski definition) is 2. The minimum absolute atomic E-state index is 0. The van der Waals surface area contributed by atoms with Gasteiger partial charge in [-0.3, -0.25) is 4.99 Å². The lowest BCUT2D eigenvalue weighted by Gasteiger charge is -2.11. The van der Waals surface area contributed by atoms with Crippen LogP contribution in [0.5, 0.6) is 0 Å². The van der Waals surface area contributed by atoms with Crippen molar-refractivity contribution in [2.75, 3.05) is 32.8 Å². The Bertz CT molecular complexity index is 187. The second-order valence-electron chi connectivity index (χ2n) is 4.09. The van der Waals surface area contributed by atoms with Crippen LogP contribution in [0.3, 0.4) is 0 Å². The van der Waals surface area contributed by atoms with Crippen LogP contribution >= 0.6 is 24.0 Å². The molecule has 2 N–H and O–H groups in total. The van der Waals surface area contributed by atoms with Gasteiger partial charge in [-0.2, -0.15) is 0 Å². The molecule has 17 heavy (non-hydrogen) atoms. The van der Waals surface area contributed by atoms with Gasteiger partial charge in [0.2, 0.25) is 0 Å². The molecule has 0 aliphatic heterocycles. The summed E-state index contributed by atoms with van der Waals surface area (Å²) < 4.78 is 5.27. The molecule has 0 saturated carbocycles. The first-order valence-corrected chi connectivity index (χ1v) is 6.30. The normalized spacial score (nSPS) is 11.2. The van der Waals surface area contributed by atoms with Gasteiger partial charge in [0, 0.05) is 32.8 Å². The molecule has 0 aromatic rings. The van der Waals surface area contributed by atoms with Crippen LogP contribution in [-0.4, -0.2) is 38.8 Å². The zero-order valence-electron chi connectivity index (χ0n) is 11.6. The molecule has 0 heterocycles. The molecule has 5 heteroatoms. The van der Waals surface area contributed by atoms with Crippen LogP contribution in [0.4, 0.5) is 0 Å². The quantitative estimate of drug-likeness (QED) is 0.303. The molecule has 0 amide bonds. The summed E-state index contributed by atoms with van der Waals surface area (Å²) in [5, 5.41) is 6.52. The second-order valence-corrected chi connectivity index (χ2v) is 4.09. The van der Waals surface area contributed by atoms with E-state index in [0.717, 1.165) is 45.2 Å². The Morgan fingerprint density at radius 3 is 2.47 bits per heavy atom. The highest BCUT2D eigenvalue weighted by Gasteiger charge is 1.97. The average Bonchev–Trinajstić information content (AvgIpc) is 2.25. The van der Waals surface area contributed by atoms with Crippen molar-refractivity contribution in [2.24, 2.45) is 10.9 Å². The van der Waals surface area contributed by atoms with Crippen molar-refractivity contribution in [2.45, 2.75) is 34.1 Å². The summed E-state index contributed by atoms with van der Waals surface area (Å²) in [6.45, 7) is 12.7. The number of rotatable bonds is 8. The lowest BCUT2D eigenvalue weighted by atomic mass is 10.2. The van der Waals surface area contributed by atoms with Crippen molar-refractivity contribution in [3.8, 4) is 0 Å².